The van der Waals surface area contributed by atoms with Gasteiger partial charge in [-0.2, -0.15) is 0 Å². The van der Waals surface area contributed by atoms with Crippen molar-refractivity contribution in [2.75, 3.05) is 23.4 Å². The van der Waals surface area contributed by atoms with Crippen LogP contribution in [0.15, 0.2) is 30.6 Å². The van der Waals surface area contributed by atoms with Crippen LogP contribution < -0.4 is 16.8 Å². The molecule has 1 amide bonds. The zero-order valence-corrected chi connectivity index (χ0v) is 13.1. The van der Waals surface area contributed by atoms with Gasteiger partial charge in [0.25, 0.3) is 5.91 Å². The van der Waals surface area contributed by atoms with Gasteiger partial charge in [0.2, 0.25) is 0 Å². The molecule has 0 saturated carbocycles. The number of benzene rings is 1. The van der Waals surface area contributed by atoms with Crippen LogP contribution in [0.4, 0.5) is 17.2 Å². The van der Waals surface area contributed by atoms with Gasteiger partial charge in [0.1, 0.15) is 24.1 Å². The molecule has 0 spiro atoms. The van der Waals surface area contributed by atoms with Crippen molar-refractivity contribution in [1.82, 2.24) is 9.55 Å². The molecule has 8 N–H and O–H groups in total. The molecule has 2 aromatic rings. The van der Waals surface area contributed by atoms with Gasteiger partial charge in [-0.15, -0.1) is 0 Å². The van der Waals surface area contributed by atoms with Crippen LogP contribution in [0.5, 0.6) is 0 Å². The number of nitrogens with two attached hydrogens (primary N) is 2. The molecule has 2 heterocycles. The van der Waals surface area contributed by atoms with Crippen molar-refractivity contribution in [3.05, 3.63) is 36.3 Å². The van der Waals surface area contributed by atoms with Gasteiger partial charge in [-0.05, 0) is 18.2 Å². The average molecular weight is 349 g/mol. The Morgan fingerprint density at radius 2 is 2.08 bits per heavy atom. The highest BCUT2D eigenvalue weighted by atomic mass is 16.6. The number of carbonyl (C=O) groups is 1. The minimum absolute atomic E-state index is 0.0451. The number of nitrogens with zero attached hydrogens (tertiary/aromatic N) is 2. The molecule has 10 heteroatoms. The van der Waals surface area contributed by atoms with E-state index in [9.17, 15) is 15.0 Å². The number of hydrogen-bond donors (Lipinski definition) is 6. The van der Waals surface area contributed by atoms with E-state index < -0.39 is 37.1 Å². The second-order valence-electron chi connectivity index (χ2n) is 5.69. The molecule has 134 valence electrons. The number of carbonyl (C=O) groups excluding carboxylic acids is 1. The lowest BCUT2D eigenvalue weighted by Crippen LogP contribution is -2.33. The number of nitrogens with one attached hydrogen (secondary N) is 1. The summed E-state index contributed by atoms with van der Waals surface area (Å²) in [5.74, 6) is -0.607. The van der Waals surface area contributed by atoms with Gasteiger partial charge in [-0.1, -0.05) is 6.07 Å². The van der Waals surface area contributed by atoms with E-state index in [4.69, 9.17) is 21.3 Å². The SMILES string of the molecule is Nc1cccc(NC(=O)c2ncn([C@@H]3O[C@H](CO)C(O)C3O)c2N)c1. The maximum Gasteiger partial charge on any atom is 0.278 e. The first-order valence-electron chi connectivity index (χ1n) is 7.54. The summed E-state index contributed by atoms with van der Waals surface area (Å²) in [4.78, 5) is 16.3. The smallest absolute Gasteiger partial charge is 0.278 e. The molecule has 3 rings (SSSR count). The maximum absolute atomic E-state index is 12.3. The Morgan fingerprint density at radius 1 is 1.32 bits per heavy atom. The summed E-state index contributed by atoms with van der Waals surface area (Å²) in [6, 6.07) is 6.61. The van der Waals surface area contributed by atoms with Crippen molar-refractivity contribution in [1.29, 1.82) is 0 Å². The van der Waals surface area contributed by atoms with Crippen molar-refractivity contribution < 1.29 is 24.9 Å². The van der Waals surface area contributed by atoms with Crippen LogP contribution in [0.1, 0.15) is 16.7 Å². The first-order valence-corrected chi connectivity index (χ1v) is 7.54. The predicted octanol–water partition coefficient (Wildman–Crippen LogP) is -1.09. The molecule has 1 aliphatic heterocycles. The molecule has 1 aromatic carbocycles. The molecule has 25 heavy (non-hydrogen) atoms. The minimum Gasteiger partial charge on any atom is -0.399 e. The van der Waals surface area contributed by atoms with Crippen LogP contribution in [0, 0.1) is 0 Å². The molecular formula is C15H19N5O5. The fourth-order valence-electron chi connectivity index (χ4n) is 2.66. The molecule has 0 radical (unpaired) electrons. The Balaban J connectivity index is 1.80. The lowest BCUT2D eigenvalue weighted by atomic mass is 10.1. The van der Waals surface area contributed by atoms with E-state index in [-0.39, 0.29) is 11.5 Å². The van der Waals surface area contributed by atoms with Crippen molar-refractivity contribution in [3.63, 3.8) is 0 Å². The molecule has 1 aliphatic rings. The van der Waals surface area contributed by atoms with E-state index in [1.54, 1.807) is 24.3 Å². The molecule has 10 nitrogen and oxygen atoms in total. The highest BCUT2D eigenvalue weighted by molar-refractivity contribution is 6.06. The molecule has 1 saturated heterocycles. The largest absolute Gasteiger partial charge is 0.399 e. The van der Waals surface area contributed by atoms with E-state index >= 15 is 0 Å². The number of rotatable bonds is 4. The Morgan fingerprint density at radius 3 is 2.72 bits per heavy atom. The van der Waals surface area contributed by atoms with Crippen LogP contribution in [0.2, 0.25) is 0 Å². The van der Waals surface area contributed by atoms with E-state index in [1.807, 2.05) is 0 Å². The van der Waals surface area contributed by atoms with Crippen LogP contribution in [0.25, 0.3) is 0 Å². The van der Waals surface area contributed by atoms with Crippen LogP contribution in [-0.2, 0) is 4.74 Å². The Labute approximate surface area is 142 Å². The predicted molar refractivity (Wildman–Crippen MR) is 88.5 cm³/mol. The average Bonchev–Trinajstić information content (AvgIpc) is 3.08. The standard InChI is InChI=1S/C15H19N5O5/c16-7-2-1-3-8(4-7)19-14(24)10-13(17)20(6-18-10)15-12(23)11(22)9(5-21)25-15/h1-4,6,9,11-12,15,21-23H,5,16-17H2,(H,19,24)/t9-,11?,12?,15-/m1/s1. The zero-order valence-electron chi connectivity index (χ0n) is 13.1. The zero-order chi connectivity index (χ0) is 18.1. The second-order valence-corrected chi connectivity index (χ2v) is 5.69. The number of ether oxygens (including phenoxy) is 1. The number of anilines is 3. The molecule has 0 bridgehead atoms. The maximum atomic E-state index is 12.3. The third kappa shape index (κ3) is 3.15. The number of amides is 1. The third-order valence-electron chi connectivity index (χ3n) is 3.98. The van der Waals surface area contributed by atoms with Gasteiger partial charge in [0.05, 0.1) is 12.9 Å². The van der Waals surface area contributed by atoms with Crippen molar-refractivity contribution in [3.8, 4) is 0 Å². The van der Waals surface area contributed by atoms with Gasteiger partial charge >= 0.3 is 0 Å². The topological polar surface area (TPSA) is 169 Å². The summed E-state index contributed by atoms with van der Waals surface area (Å²) in [7, 11) is 0. The monoisotopic (exact) mass is 349 g/mol. The van der Waals surface area contributed by atoms with E-state index in [1.165, 1.54) is 10.9 Å². The normalized spacial score (nSPS) is 25.9. The molecule has 4 atom stereocenters. The van der Waals surface area contributed by atoms with Gasteiger partial charge in [-0.3, -0.25) is 9.36 Å². The first kappa shape index (κ1) is 17.2. The first-order chi connectivity index (χ1) is 11.9. The molecule has 2 unspecified atom stereocenters. The fraction of sp³-hybridized carbons (Fsp3) is 0.333. The highest BCUT2D eigenvalue weighted by Crippen LogP contribution is 2.31. The summed E-state index contributed by atoms with van der Waals surface area (Å²) >= 11 is 0. The van der Waals surface area contributed by atoms with Crippen molar-refractivity contribution >= 4 is 23.1 Å². The third-order valence-corrected chi connectivity index (χ3v) is 3.98. The van der Waals surface area contributed by atoms with Crippen molar-refractivity contribution in [2.45, 2.75) is 24.5 Å². The molecule has 1 fully saturated rings. The number of aliphatic hydroxyl groups is 3. The van der Waals surface area contributed by atoms with E-state index in [0.29, 0.717) is 11.4 Å². The number of aliphatic hydroxyl groups excluding tert-OH is 3. The number of imidazole rings is 1. The van der Waals surface area contributed by atoms with E-state index in [0.717, 1.165) is 0 Å². The van der Waals surface area contributed by atoms with Crippen molar-refractivity contribution in [2.24, 2.45) is 0 Å². The number of nitrogen functional groups attached to an aromatic ring is 2. The van der Waals surface area contributed by atoms with Crippen LogP contribution in [0.3, 0.4) is 0 Å². The number of aromatic nitrogens is 2. The van der Waals surface area contributed by atoms with Gasteiger partial charge < -0.3 is 36.8 Å². The fourth-order valence-corrected chi connectivity index (χ4v) is 2.66. The Bertz CT molecular complexity index is 779. The van der Waals surface area contributed by atoms with Gasteiger partial charge in [0, 0.05) is 11.4 Å². The quantitative estimate of drug-likeness (QED) is 0.378. The van der Waals surface area contributed by atoms with Gasteiger partial charge in [0.15, 0.2) is 11.9 Å². The number of hydrogen-bond acceptors (Lipinski definition) is 8. The lowest BCUT2D eigenvalue weighted by Gasteiger charge is -2.17. The summed E-state index contributed by atoms with van der Waals surface area (Å²) in [6.07, 6.45) is -3.39. The lowest BCUT2D eigenvalue weighted by molar-refractivity contribution is -0.0518. The molecule has 0 aliphatic carbocycles. The van der Waals surface area contributed by atoms with Crippen LogP contribution in [-0.4, -0.2) is 55.7 Å². The highest BCUT2D eigenvalue weighted by Gasteiger charge is 2.44. The molecular weight excluding hydrogens is 330 g/mol. The summed E-state index contributed by atoms with van der Waals surface area (Å²) in [5.41, 5.74) is 12.5. The van der Waals surface area contributed by atoms with Crippen LogP contribution >= 0.6 is 0 Å². The minimum atomic E-state index is -1.32. The summed E-state index contributed by atoms with van der Waals surface area (Å²) in [5, 5.41) is 31.6. The van der Waals surface area contributed by atoms with Gasteiger partial charge in [-0.25, -0.2) is 4.98 Å². The second kappa shape index (κ2) is 6.69. The Hall–Kier alpha value is -2.66. The summed E-state index contributed by atoms with van der Waals surface area (Å²) in [6.45, 7) is -0.466. The summed E-state index contributed by atoms with van der Waals surface area (Å²) < 4.78 is 6.61. The Kier molecular flexibility index (Phi) is 4.59. The van der Waals surface area contributed by atoms with E-state index in [2.05, 4.69) is 10.3 Å². The molecule has 1 aromatic heterocycles.